The van der Waals surface area contributed by atoms with Crippen molar-refractivity contribution in [2.75, 3.05) is 26.3 Å². The third kappa shape index (κ3) is 4.27. The van der Waals surface area contributed by atoms with Crippen molar-refractivity contribution in [2.24, 2.45) is 5.92 Å². The van der Waals surface area contributed by atoms with Gasteiger partial charge < -0.3 is 4.90 Å². The van der Waals surface area contributed by atoms with Crippen molar-refractivity contribution in [3.63, 3.8) is 0 Å². The normalized spacial score (nSPS) is 16.8. The highest BCUT2D eigenvalue weighted by atomic mass is 19.1. The molecule has 2 heterocycles. The van der Waals surface area contributed by atoms with Gasteiger partial charge in [-0.3, -0.25) is 9.48 Å². The van der Waals surface area contributed by atoms with E-state index in [1.165, 1.54) is 0 Å². The molecule has 0 saturated carbocycles. The topological polar surface area (TPSA) is 38.1 Å². The summed E-state index contributed by atoms with van der Waals surface area (Å²) in [5, 5.41) is 5.64. The molecule has 0 unspecified atom stereocenters. The van der Waals surface area contributed by atoms with Crippen molar-refractivity contribution in [1.29, 1.82) is 0 Å². The van der Waals surface area contributed by atoms with E-state index in [0.29, 0.717) is 18.9 Å². The first kappa shape index (κ1) is 18.1. The molecule has 1 saturated heterocycles. The van der Waals surface area contributed by atoms with Crippen LogP contribution in [-0.2, 0) is 0 Å². The van der Waals surface area contributed by atoms with Gasteiger partial charge in [0.25, 0.3) is 0 Å². The first-order valence-corrected chi connectivity index (χ1v) is 9.38. The number of alkyl halides is 1. The summed E-state index contributed by atoms with van der Waals surface area (Å²) in [5.41, 5.74) is 1.56. The molecular formula is C20H28FN3O. The van der Waals surface area contributed by atoms with E-state index in [1.54, 1.807) is 0 Å². The molecule has 25 heavy (non-hydrogen) atoms. The largest absolute Gasteiger partial charge is 0.301 e. The number of carbonyl (C=O) groups excluding carboxylic acids is 1. The summed E-state index contributed by atoms with van der Waals surface area (Å²) < 4.78 is 14.3. The average Bonchev–Trinajstić information content (AvgIpc) is 3.05. The van der Waals surface area contributed by atoms with Crippen molar-refractivity contribution in [1.82, 2.24) is 14.7 Å². The Bertz CT molecular complexity index is 717. The summed E-state index contributed by atoms with van der Waals surface area (Å²) in [6.07, 6.45) is 5.64. The van der Waals surface area contributed by atoms with Gasteiger partial charge >= 0.3 is 0 Å². The van der Waals surface area contributed by atoms with E-state index in [1.807, 2.05) is 29.1 Å². The molecule has 0 aliphatic carbocycles. The minimum Gasteiger partial charge on any atom is -0.301 e. The highest BCUT2D eigenvalue weighted by Crippen LogP contribution is 2.25. The minimum atomic E-state index is -0.268. The van der Waals surface area contributed by atoms with Gasteiger partial charge in [0, 0.05) is 36.2 Å². The molecule has 0 radical (unpaired) electrons. The van der Waals surface area contributed by atoms with Crippen LogP contribution in [0.2, 0.25) is 0 Å². The number of fused-ring (bicyclic) bond motifs is 1. The molecule has 0 amide bonds. The molecule has 1 aromatic carbocycles. The molecule has 4 nitrogen and oxygen atoms in total. The fraction of sp³-hybridized carbons (Fsp3) is 0.600. The maximum atomic E-state index is 12.7. The van der Waals surface area contributed by atoms with Crippen LogP contribution in [0.25, 0.3) is 10.9 Å². The molecule has 1 aromatic heterocycles. The third-order valence-electron chi connectivity index (χ3n) is 5.27. The molecule has 0 N–H and O–H groups in total. The standard InChI is InChI=1S/C20H28FN3O/c1-15(2)24-14-17-4-3-5-18(20(17)22-24)19(25)7-6-16-8-11-23(12-9-16)13-10-21/h3-5,14-16H,6-13H2,1-2H3. The Kier molecular flexibility index (Phi) is 5.84. The van der Waals surface area contributed by atoms with Gasteiger partial charge in [-0.1, -0.05) is 12.1 Å². The zero-order chi connectivity index (χ0) is 17.8. The smallest absolute Gasteiger partial charge is 0.165 e. The zero-order valence-corrected chi connectivity index (χ0v) is 15.2. The van der Waals surface area contributed by atoms with E-state index in [0.717, 1.165) is 48.8 Å². The second-order valence-corrected chi connectivity index (χ2v) is 7.38. The summed E-state index contributed by atoms with van der Waals surface area (Å²) >= 11 is 0. The number of nitrogens with zero attached hydrogens (tertiary/aromatic N) is 3. The Morgan fingerprint density at radius 1 is 1.32 bits per heavy atom. The molecule has 5 heteroatoms. The number of Topliss-reactive ketones (excluding diaryl/α,β-unsaturated/α-hetero) is 1. The van der Waals surface area contributed by atoms with E-state index in [-0.39, 0.29) is 18.5 Å². The molecule has 136 valence electrons. The number of rotatable bonds is 7. The van der Waals surface area contributed by atoms with Crippen LogP contribution in [-0.4, -0.2) is 46.8 Å². The van der Waals surface area contributed by atoms with Crippen LogP contribution in [0.1, 0.15) is 55.9 Å². The lowest BCUT2D eigenvalue weighted by Crippen LogP contribution is -2.35. The summed E-state index contributed by atoms with van der Waals surface area (Å²) in [4.78, 5) is 14.9. The van der Waals surface area contributed by atoms with Crippen molar-refractivity contribution in [2.45, 2.75) is 45.6 Å². The fourth-order valence-electron chi connectivity index (χ4n) is 3.64. The number of hydrogen-bond acceptors (Lipinski definition) is 3. The quantitative estimate of drug-likeness (QED) is 0.704. The lowest BCUT2D eigenvalue weighted by molar-refractivity contribution is 0.0963. The number of carbonyl (C=O) groups is 1. The van der Waals surface area contributed by atoms with Crippen LogP contribution in [0.5, 0.6) is 0 Å². The number of halogens is 1. The van der Waals surface area contributed by atoms with E-state index in [2.05, 4.69) is 23.8 Å². The summed E-state index contributed by atoms with van der Waals surface area (Å²) in [5.74, 6) is 0.762. The predicted octanol–water partition coefficient (Wildman–Crippen LogP) is 4.26. The lowest BCUT2D eigenvalue weighted by atomic mass is 9.90. The number of likely N-dealkylation sites (tertiary alicyclic amines) is 1. The van der Waals surface area contributed by atoms with Gasteiger partial charge in [0.15, 0.2) is 5.78 Å². The van der Waals surface area contributed by atoms with Gasteiger partial charge in [-0.15, -0.1) is 0 Å². The SMILES string of the molecule is CC(C)n1cc2cccc(C(=O)CCC3CCN(CCF)CC3)c2n1. The molecule has 1 fully saturated rings. The molecule has 0 atom stereocenters. The lowest BCUT2D eigenvalue weighted by Gasteiger charge is -2.31. The maximum Gasteiger partial charge on any atom is 0.165 e. The van der Waals surface area contributed by atoms with Crippen LogP contribution < -0.4 is 0 Å². The Labute approximate surface area is 149 Å². The van der Waals surface area contributed by atoms with E-state index in [4.69, 9.17) is 0 Å². The van der Waals surface area contributed by atoms with Gasteiger partial charge in [-0.25, -0.2) is 4.39 Å². The Morgan fingerprint density at radius 3 is 2.76 bits per heavy atom. The number of benzene rings is 1. The Morgan fingerprint density at radius 2 is 2.08 bits per heavy atom. The monoisotopic (exact) mass is 345 g/mol. The fourth-order valence-corrected chi connectivity index (χ4v) is 3.64. The molecular weight excluding hydrogens is 317 g/mol. The second-order valence-electron chi connectivity index (χ2n) is 7.38. The summed E-state index contributed by atoms with van der Waals surface area (Å²) in [6, 6.07) is 6.13. The molecule has 3 rings (SSSR count). The first-order chi connectivity index (χ1) is 12.1. The van der Waals surface area contributed by atoms with E-state index < -0.39 is 0 Å². The van der Waals surface area contributed by atoms with E-state index >= 15 is 0 Å². The second kappa shape index (κ2) is 8.09. The summed E-state index contributed by atoms with van der Waals surface area (Å²) in [6.45, 7) is 6.36. The Hall–Kier alpha value is -1.75. The van der Waals surface area contributed by atoms with Crippen molar-refractivity contribution < 1.29 is 9.18 Å². The molecule has 2 aromatic rings. The number of aromatic nitrogens is 2. The van der Waals surface area contributed by atoms with Gasteiger partial charge in [0.2, 0.25) is 0 Å². The zero-order valence-electron chi connectivity index (χ0n) is 15.2. The van der Waals surface area contributed by atoms with Crippen LogP contribution in [0, 0.1) is 5.92 Å². The van der Waals surface area contributed by atoms with Crippen LogP contribution >= 0.6 is 0 Å². The summed E-state index contributed by atoms with van der Waals surface area (Å²) in [7, 11) is 0. The highest BCUT2D eigenvalue weighted by Gasteiger charge is 2.21. The molecule has 0 spiro atoms. The van der Waals surface area contributed by atoms with Crippen LogP contribution in [0.4, 0.5) is 4.39 Å². The maximum absolute atomic E-state index is 12.7. The van der Waals surface area contributed by atoms with Gasteiger partial charge in [-0.05, 0) is 58.2 Å². The van der Waals surface area contributed by atoms with Gasteiger partial charge in [-0.2, -0.15) is 5.10 Å². The number of hydrogen-bond donors (Lipinski definition) is 0. The van der Waals surface area contributed by atoms with Crippen molar-refractivity contribution in [3.05, 3.63) is 30.0 Å². The molecule has 1 aliphatic heterocycles. The van der Waals surface area contributed by atoms with Crippen molar-refractivity contribution in [3.8, 4) is 0 Å². The van der Waals surface area contributed by atoms with Crippen LogP contribution in [0.3, 0.4) is 0 Å². The van der Waals surface area contributed by atoms with E-state index in [9.17, 15) is 9.18 Å². The number of ketones is 1. The first-order valence-electron chi connectivity index (χ1n) is 9.38. The predicted molar refractivity (Wildman–Crippen MR) is 98.8 cm³/mol. The highest BCUT2D eigenvalue weighted by molar-refractivity contribution is 6.06. The van der Waals surface area contributed by atoms with Gasteiger partial charge in [0.1, 0.15) is 12.2 Å². The minimum absolute atomic E-state index is 0.186. The third-order valence-corrected chi connectivity index (χ3v) is 5.27. The van der Waals surface area contributed by atoms with Crippen LogP contribution in [0.15, 0.2) is 24.4 Å². The molecule has 0 bridgehead atoms. The molecule has 1 aliphatic rings. The van der Waals surface area contributed by atoms with Crippen molar-refractivity contribution >= 4 is 16.7 Å². The average molecular weight is 345 g/mol. The Balaban J connectivity index is 1.61. The number of piperidine rings is 1. The van der Waals surface area contributed by atoms with Gasteiger partial charge in [0.05, 0.1) is 0 Å².